The summed E-state index contributed by atoms with van der Waals surface area (Å²) in [7, 11) is -4.39. The van der Waals surface area contributed by atoms with Crippen LogP contribution < -0.4 is 0 Å². The molecule has 4 rings (SSSR count). The van der Waals surface area contributed by atoms with Gasteiger partial charge in [-0.15, -0.1) is 0 Å². The molecule has 4 aliphatic rings. The molecule has 3 fully saturated rings. The Morgan fingerprint density at radius 3 is 2.15 bits per heavy atom. The molecule has 8 nitrogen and oxygen atoms in total. The summed E-state index contributed by atoms with van der Waals surface area (Å²) in [6.45, 7) is 26.0. The fraction of sp³-hybridized carbons (Fsp3) is 0.793. The van der Waals surface area contributed by atoms with Gasteiger partial charge in [-0.2, -0.15) is 0 Å². The molecular weight excluding hydrogens is 532 g/mol. The fourth-order valence-electron chi connectivity index (χ4n) is 7.22. The molecule has 2 heterocycles. The van der Waals surface area contributed by atoms with Crippen LogP contribution in [0.5, 0.6) is 0 Å². The van der Waals surface area contributed by atoms with Crippen molar-refractivity contribution < 1.29 is 37.4 Å². The standard InChI is InChI=1S/C29H48O8Si2/c1-14-17(2)24(30)32-20-15-19-22(18(20)3)23-29(37-39(11,12)13)21(16-27(19,6)36-38(8,9)10)34-26(4,5)35-28(29,7)25(31)33-23/h14,19-21,23H,15-16H2,1-13H3/b17-14-/t19-,20+,21-,23-,27-,28+,29+/m0/s1. The lowest BCUT2D eigenvalue weighted by molar-refractivity contribution is -0.377. The fourth-order valence-corrected chi connectivity index (χ4v) is 10.3. The summed E-state index contributed by atoms with van der Waals surface area (Å²) < 4.78 is 39.7. The number of fused-ring (bicyclic) bond motifs is 2. The molecule has 0 unspecified atom stereocenters. The molecule has 10 heteroatoms. The second-order valence-electron chi connectivity index (χ2n) is 14.5. The second kappa shape index (κ2) is 9.35. The predicted molar refractivity (Wildman–Crippen MR) is 153 cm³/mol. The first-order valence-corrected chi connectivity index (χ1v) is 20.9. The lowest BCUT2D eigenvalue weighted by Gasteiger charge is -2.56. The van der Waals surface area contributed by atoms with Crippen molar-refractivity contribution in [2.24, 2.45) is 5.92 Å². The van der Waals surface area contributed by atoms with Crippen molar-refractivity contribution in [3.8, 4) is 0 Å². The number of rotatable bonds is 6. The summed E-state index contributed by atoms with van der Waals surface area (Å²) in [5.41, 5.74) is -0.954. The molecule has 0 N–H and O–H groups in total. The van der Waals surface area contributed by atoms with Gasteiger partial charge in [0.1, 0.15) is 6.10 Å². The summed E-state index contributed by atoms with van der Waals surface area (Å²) in [4.78, 5) is 26.7. The summed E-state index contributed by atoms with van der Waals surface area (Å²) in [6.07, 6.45) is 1.01. The van der Waals surface area contributed by atoms with Crippen LogP contribution in [-0.2, 0) is 37.4 Å². The molecule has 220 valence electrons. The zero-order chi connectivity index (χ0) is 29.6. The van der Waals surface area contributed by atoms with E-state index in [1.165, 1.54) is 0 Å². The van der Waals surface area contributed by atoms with Crippen molar-refractivity contribution in [1.29, 1.82) is 0 Å². The van der Waals surface area contributed by atoms with Crippen molar-refractivity contribution in [3.63, 3.8) is 0 Å². The molecule has 2 saturated heterocycles. The maximum atomic E-state index is 13.8. The van der Waals surface area contributed by atoms with E-state index in [4.69, 9.17) is 27.8 Å². The number of allylic oxidation sites excluding steroid dienone is 1. The minimum absolute atomic E-state index is 0.174. The van der Waals surface area contributed by atoms with E-state index in [1.54, 1.807) is 19.9 Å². The van der Waals surface area contributed by atoms with Crippen LogP contribution in [0.2, 0.25) is 39.3 Å². The average Bonchev–Trinajstić information content (AvgIpc) is 3.14. The first-order valence-electron chi connectivity index (χ1n) is 14.1. The van der Waals surface area contributed by atoms with Crippen molar-refractivity contribution in [3.05, 3.63) is 22.8 Å². The molecular formula is C29H48O8Si2. The molecule has 1 saturated carbocycles. The van der Waals surface area contributed by atoms with Crippen molar-refractivity contribution in [2.75, 3.05) is 0 Å². The molecule has 0 amide bonds. The van der Waals surface area contributed by atoms with Crippen LogP contribution in [0.1, 0.15) is 61.3 Å². The first-order chi connectivity index (χ1) is 17.6. The van der Waals surface area contributed by atoms with Gasteiger partial charge in [0, 0.05) is 17.9 Å². The monoisotopic (exact) mass is 580 g/mol. The third-order valence-corrected chi connectivity index (χ3v) is 10.5. The van der Waals surface area contributed by atoms with Crippen LogP contribution in [0, 0.1) is 5.92 Å². The molecule has 0 radical (unpaired) electrons. The Hall–Kier alpha value is -1.31. The van der Waals surface area contributed by atoms with E-state index in [2.05, 4.69) is 46.2 Å². The SMILES string of the molecule is C/C=C(/C)C(=O)O[C@@H]1C[C@H]2C(=C1C)[C@@H]1OC(=O)[C@@]3(C)OC(C)(C)O[C@@H](C[C@]2(C)O[Si](C)(C)C)[C@@]13O[Si](C)(C)C. The minimum atomic E-state index is -2.31. The summed E-state index contributed by atoms with van der Waals surface area (Å²) >= 11 is 0. The maximum Gasteiger partial charge on any atom is 0.342 e. The third kappa shape index (κ3) is 5.03. The van der Waals surface area contributed by atoms with E-state index < -0.39 is 63.5 Å². The lowest BCUT2D eigenvalue weighted by Crippen LogP contribution is -2.74. The van der Waals surface area contributed by atoms with Crippen LogP contribution in [0.4, 0.5) is 0 Å². The van der Waals surface area contributed by atoms with Gasteiger partial charge in [-0.25, -0.2) is 9.59 Å². The molecule has 0 bridgehead atoms. The summed E-state index contributed by atoms with van der Waals surface area (Å²) in [6, 6.07) is 0. The van der Waals surface area contributed by atoms with E-state index in [1.807, 2.05) is 27.7 Å². The lowest BCUT2D eigenvalue weighted by atomic mass is 9.74. The molecule has 2 aliphatic carbocycles. The molecule has 7 atom stereocenters. The quantitative estimate of drug-likeness (QED) is 0.173. The molecule has 0 spiro atoms. The van der Waals surface area contributed by atoms with Crippen molar-refractivity contribution >= 4 is 28.6 Å². The Morgan fingerprint density at radius 1 is 1.03 bits per heavy atom. The maximum absolute atomic E-state index is 13.8. The highest BCUT2D eigenvalue weighted by molar-refractivity contribution is 6.70. The zero-order valence-corrected chi connectivity index (χ0v) is 28.1. The van der Waals surface area contributed by atoms with Gasteiger partial charge in [-0.1, -0.05) is 6.08 Å². The highest BCUT2D eigenvalue weighted by atomic mass is 28.4. The van der Waals surface area contributed by atoms with Gasteiger partial charge in [0.25, 0.3) is 0 Å². The molecule has 0 aromatic carbocycles. The Labute approximate surface area is 236 Å². The van der Waals surface area contributed by atoms with E-state index in [0.29, 0.717) is 18.4 Å². The third-order valence-electron chi connectivity index (χ3n) is 8.50. The van der Waals surface area contributed by atoms with Crippen molar-refractivity contribution in [1.82, 2.24) is 0 Å². The van der Waals surface area contributed by atoms with Crippen LogP contribution in [0.25, 0.3) is 0 Å². The molecule has 2 aliphatic heterocycles. The summed E-state index contributed by atoms with van der Waals surface area (Å²) in [5.74, 6) is -2.01. The van der Waals surface area contributed by atoms with Gasteiger partial charge in [0.15, 0.2) is 39.7 Å². The van der Waals surface area contributed by atoms with Gasteiger partial charge in [-0.3, -0.25) is 0 Å². The Kier molecular flexibility index (Phi) is 7.35. The van der Waals surface area contributed by atoms with Gasteiger partial charge < -0.3 is 27.8 Å². The Bertz CT molecular complexity index is 1120. The highest BCUT2D eigenvalue weighted by Gasteiger charge is 2.79. The Balaban J connectivity index is 1.98. The van der Waals surface area contributed by atoms with Gasteiger partial charge >= 0.3 is 11.9 Å². The van der Waals surface area contributed by atoms with Gasteiger partial charge in [-0.05, 0) is 105 Å². The van der Waals surface area contributed by atoms with Crippen LogP contribution >= 0.6 is 0 Å². The second-order valence-corrected chi connectivity index (χ2v) is 23.3. The summed E-state index contributed by atoms with van der Waals surface area (Å²) in [5, 5.41) is 0. The number of hydrogen-bond donors (Lipinski definition) is 0. The first kappa shape index (κ1) is 30.6. The van der Waals surface area contributed by atoms with E-state index >= 15 is 0 Å². The molecule has 0 aromatic rings. The molecule has 0 aromatic heterocycles. The number of carbonyl (C=O) groups excluding carboxylic acids is 2. The highest BCUT2D eigenvalue weighted by Crippen LogP contribution is 2.62. The smallest absolute Gasteiger partial charge is 0.342 e. The number of ether oxygens (including phenoxy) is 4. The predicted octanol–water partition coefficient (Wildman–Crippen LogP) is 5.64. The largest absolute Gasteiger partial charge is 0.454 e. The number of carbonyl (C=O) groups is 2. The van der Waals surface area contributed by atoms with Crippen LogP contribution in [0.15, 0.2) is 22.8 Å². The number of esters is 2. The van der Waals surface area contributed by atoms with Crippen LogP contribution in [0.3, 0.4) is 0 Å². The normalized spacial score (nSPS) is 40.1. The van der Waals surface area contributed by atoms with E-state index in [-0.39, 0.29) is 11.9 Å². The average molecular weight is 581 g/mol. The van der Waals surface area contributed by atoms with Gasteiger partial charge in [0.05, 0.1) is 11.7 Å². The van der Waals surface area contributed by atoms with Crippen LogP contribution in [-0.4, -0.2) is 69.5 Å². The van der Waals surface area contributed by atoms with Crippen molar-refractivity contribution in [2.45, 2.75) is 141 Å². The molecule has 39 heavy (non-hydrogen) atoms. The van der Waals surface area contributed by atoms with E-state index in [9.17, 15) is 9.59 Å². The zero-order valence-electron chi connectivity index (χ0n) is 26.1. The van der Waals surface area contributed by atoms with E-state index in [0.717, 1.165) is 11.1 Å². The topological polar surface area (TPSA) is 89.5 Å². The van der Waals surface area contributed by atoms with Gasteiger partial charge in [0.2, 0.25) is 0 Å². The number of hydrogen-bond acceptors (Lipinski definition) is 8. The minimum Gasteiger partial charge on any atom is -0.454 e. The Morgan fingerprint density at radius 2 is 1.62 bits per heavy atom.